The zero-order chi connectivity index (χ0) is 10.1. The third-order valence-corrected chi connectivity index (χ3v) is 2.70. The minimum atomic E-state index is -4.67. The van der Waals surface area contributed by atoms with Crippen molar-refractivity contribution >= 4 is 34.2 Å². The Kier molecular flexibility index (Phi) is 3.28. The quantitative estimate of drug-likeness (QED) is 0.714. The van der Waals surface area contributed by atoms with E-state index in [9.17, 15) is 13.2 Å². The third kappa shape index (κ3) is 3.60. The minimum Gasteiger partial charge on any atom is -0.406 e. The largest absolute Gasteiger partial charge is 0.573 e. The van der Waals surface area contributed by atoms with Gasteiger partial charge >= 0.3 is 6.36 Å². The number of ether oxygens (including phenoxy) is 1. The van der Waals surface area contributed by atoms with E-state index < -0.39 is 6.36 Å². The lowest BCUT2D eigenvalue weighted by atomic mass is 10.3. The molecule has 0 bridgehead atoms. The van der Waals surface area contributed by atoms with Crippen LogP contribution in [0.1, 0.15) is 0 Å². The zero-order valence-electron chi connectivity index (χ0n) is 6.03. The molecule has 1 nitrogen and oxygen atoms in total. The van der Waals surface area contributed by atoms with E-state index in [1.807, 2.05) is 22.6 Å². The van der Waals surface area contributed by atoms with Crippen LogP contribution >= 0.6 is 34.2 Å². The van der Waals surface area contributed by atoms with Gasteiger partial charge in [0.2, 0.25) is 0 Å². The van der Waals surface area contributed by atoms with Gasteiger partial charge in [0, 0.05) is 9.64 Å². The van der Waals surface area contributed by atoms with Gasteiger partial charge in [-0.1, -0.05) is 11.6 Å². The number of halogens is 5. The molecule has 0 aromatic heterocycles. The van der Waals surface area contributed by atoms with Gasteiger partial charge < -0.3 is 4.74 Å². The number of rotatable bonds is 1. The Morgan fingerprint density at radius 1 is 1.31 bits per heavy atom. The van der Waals surface area contributed by atoms with Crippen LogP contribution in [-0.4, -0.2) is 6.36 Å². The van der Waals surface area contributed by atoms with Gasteiger partial charge in [-0.25, -0.2) is 0 Å². The molecule has 0 N–H and O–H groups in total. The van der Waals surface area contributed by atoms with Crippen LogP contribution in [0.5, 0.6) is 5.75 Å². The summed E-state index contributed by atoms with van der Waals surface area (Å²) in [5.41, 5.74) is 0. The van der Waals surface area contributed by atoms with Crippen LogP contribution in [0.25, 0.3) is 0 Å². The molecule has 13 heavy (non-hydrogen) atoms. The van der Waals surface area contributed by atoms with Crippen molar-refractivity contribution in [2.75, 3.05) is 0 Å². The SMILES string of the molecule is FC(F)(F)Oc1ccc(I)c(Cl)c1. The molecule has 0 heterocycles. The summed E-state index contributed by atoms with van der Waals surface area (Å²) in [5, 5.41) is 0.238. The molecular formula is C7H3ClF3IO. The Balaban J connectivity index is 2.86. The molecule has 0 spiro atoms. The van der Waals surface area contributed by atoms with Gasteiger partial charge in [-0.15, -0.1) is 13.2 Å². The van der Waals surface area contributed by atoms with Crippen LogP contribution in [0.2, 0.25) is 5.02 Å². The Hall–Kier alpha value is -0.170. The van der Waals surface area contributed by atoms with E-state index in [0.717, 1.165) is 6.07 Å². The first-order chi connectivity index (χ1) is 5.88. The standard InChI is InChI=1S/C7H3ClF3IO/c8-5-3-4(1-2-6(5)12)13-7(9,10)11/h1-3H. The fourth-order valence-electron chi connectivity index (χ4n) is 0.674. The van der Waals surface area contributed by atoms with Crippen molar-refractivity contribution in [3.05, 3.63) is 26.8 Å². The highest BCUT2D eigenvalue weighted by atomic mass is 127. The van der Waals surface area contributed by atoms with Crippen LogP contribution < -0.4 is 4.74 Å². The lowest BCUT2D eigenvalue weighted by Gasteiger charge is -2.08. The van der Waals surface area contributed by atoms with Crippen molar-refractivity contribution in [2.24, 2.45) is 0 Å². The topological polar surface area (TPSA) is 9.23 Å². The van der Waals surface area contributed by atoms with Gasteiger partial charge in [0.25, 0.3) is 0 Å². The summed E-state index contributed by atoms with van der Waals surface area (Å²) in [6, 6.07) is 3.78. The molecular weight excluding hydrogens is 319 g/mol. The Bertz CT molecular complexity index is 313. The summed E-state index contributed by atoms with van der Waals surface area (Å²) < 4.78 is 39.4. The molecule has 0 aliphatic heterocycles. The Labute approximate surface area is 91.0 Å². The first-order valence-electron chi connectivity index (χ1n) is 3.09. The van der Waals surface area contributed by atoms with Gasteiger partial charge in [-0.2, -0.15) is 0 Å². The Morgan fingerprint density at radius 3 is 2.38 bits per heavy atom. The lowest BCUT2D eigenvalue weighted by Crippen LogP contribution is -2.17. The molecule has 0 radical (unpaired) electrons. The molecule has 72 valence electrons. The number of alkyl halides is 3. The molecule has 0 unspecified atom stereocenters. The molecule has 0 amide bonds. The van der Waals surface area contributed by atoms with Crippen LogP contribution in [0.3, 0.4) is 0 Å². The summed E-state index contributed by atoms with van der Waals surface area (Å²) in [4.78, 5) is 0. The maximum atomic E-state index is 11.7. The second-order valence-electron chi connectivity index (χ2n) is 2.12. The van der Waals surface area contributed by atoms with Crippen LogP contribution in [0.4, 0.5) is 13.2 Å². The van der Waals surface area contributed by atoms with E-state index in [1.54, 1.807) is 0 Å². The third-order valence-electron chi connectivity index (χ3n) is 1.12. The highest BCUT2D eigenvalue weighted by molar-refractivity contribution is 14.1. The van der Waals surface area contributed by atoms with Gasteiger partial charge in [-0.05, 0) is 34.7 Å². The smallest absolute Gasteiger partial charge is 0.406 e. The average molecular weight is 322 g/mol. The van der Waals surface area contributed by atoms with Crippen molar-refractivity contribution in [3.63, 3.8) is 0 Å². The number of hydrogen-bond donors (Lipinski definition) is 0. The Morgan fingerprint density at radius 2 is 1.92 bits per heavy atom. The van der Waals surface area contributed by atoms with Crippen molar-refractivity contribution in [2.45, 2.75) is 6.36 Å². The second-order valence-corrected chi connectivity index (χ2v) is 3.69. The number of hydrogen-bond acceptors (Lipinski definition) is 1. The monoisotopic (exact) mass is 322 g/mol. The maximum Gasteiger partial charge on any atom is 0.573 e. The number of benzene rings is 1. The highest BCUT2D eigenvalue weighted by Crippen LogP contribution is 2.27. The molecule has 0 saturated carbocycles. The van der Waals surface area contributed by atoms with Gasteiger partial charge in [-0.3, -0.25) is 0 Å². The normalized spacial score (nSPS) is 11.5. The van der Waals surface area contributed by atoms with E-state index >= 15 is 0 Å². The fraction of sp³-hybridized carbons (Fsp3) is 0.143. The maximum absolute atomic E-state index is 11.7. The van der Waals surface area contributed by atoms with Gasteiger partial charge in [0.1, 0.15) is 5.75 Å². The van der Waals surface area contributed by atoms with Crippen molar-refractivity contribution in [1.82, 2.24) is 0 Å². The summed E-state index contributed by atoms with van der Waals surface area (Å²) in [6.07, 6.45) is -4.67. The summed E-state index contributed by atoms with van der Waals surface area (Å²) in [7, 11) is 0. The predicted octanol–water partition coefficient (Wildman–Crippen LogP) is 3.84. The molecule has 0 atom stereocenters. The first-order valence-corrected chi connectivity index (χ1v) is 4.55. The van der Waals surface area contributed by atoms with Crippen molar-refractivity contribution in [3.8, 4) is 5.75 Å². The van der Waals surface area contributed by atoms with Crippen LogP contribution in [0.15, 0.2) is 18.2 Å². The molecule has 0 fully saturated rings. The summed E-state index contributed by atoms with van der Waals surface area (Å²) >= 11 is 7.50. The van der Waals surface area contributed by atoms with E-state index in [-0.39, 0.29) is 10.8 Å². The summed E-state index contributed by atoms with van der Waals surface area (Å²) in [5.74, 6) is -0.307. The van der Waals surface area contributed by atoms with Gasteiger partial charge in [0.15, 0.2) is 0 Å². The molecule has 1 aromatic carbocycles. The van der Waals surface area contributed by atoms with E-state index in [2.05, 4.69) is 4.74 Å². The molecule has 1 aromatic rings. The van der Waals surface area contributed by atoms with Crippen molar-refractivity contribution in [1.29, 1.82) is 0 Å². The molecule has 6 heteroatoms. The van der Waals surface area contributed by atoms with Crippen molar-refractivity contribution < 1.29 is 17.9 Å². The second kappa shape index (κ2) is 3.91. The fourth-order valence-corrected chi connectivity index (χ4v) is 1.18. The molecule has 0 aliphatic rings. The first kappa shape index (κ1) is 10.9. The molecule has 0 aliphatic carbocycles. The minimum absolute atomic E-state index is 0.238. The molecule has 0 saturated heterocycles. The lowest BCUT2D eigenvalue weighted by molar-refractivity contribution is -0.274. The predicted molar refractivity (Wildman–Crippen MR) is 50.9 cm³/mol. The zero-order valence-corrected chi connectivity index (χ0v) is 8.94. The molecule has 1 rings (SSSR count). The summed E-state index contributed by atoms with van der Waals surface area (Å²) in [6.45, 7) is 0. The van der Waals surface area contributed by atoms with E-state index in [0.29, 0.717) is 3.57 Å². The highest BCUT2D eigenvalue weighted by Gasteiger charge is 2.31. The van der Waals surface area contributed by atoms with Crippen LogP contribution in [0, 0.1) is 3.57 Å². The van der Waals surface area contributed by atoms with Crippen LogP contribution in [-0.2, 0) is 0 Å². The van der Waals surface area contributed by atoms with Gasteiger partial charge in [0.05, 0.1) is 5.02 Å². The average Bonchev–Trinajstić information content (AvgIpc) is 1.94. The van der Waals surface area contributed by atoms with E-state index in [1.165, 1.54) is 12.1 Å². The van der Waals surface area contributed by atoms with E-state index in [4.69, 9.17) is 11.6 Å².